The summed E-state index contributed by atoms with van der Waals surface area (Å²) in [6.07, 6.45) is 1.76. The van der Waals surface area contributed by atoms with Crippen molar-refractivity contribution in [2.45, 2.75) is 38.0 Å². The molecule has 3 heterocycles. The number of phenols is 1. The molecule has 0 aliphatic carbocycles. The van der Waals surface area contributed by atoms with Crippen molar-refractivity contribution in [3.63, 3.8) is 0 Å². The van der Waals surface area contributed by atoms with E-state index in [9.17, 15) is 9.90 Å². The SMILES string of the molecule is CCOC(=O)N1CCC2(CC1)Oc1ccccc1[C@@H]1CC(c3cccc(O)c3)=NN12. The lowest BCUT2D eigenvalue weighted by Crippen LogP contribution is -2.59. The number of carbonyl (C=O) groups is 1. The lowest BCUT2D eigenvalue weighted by molar-refractivity contribution is -0.147. The van der Waals surface area contributed by atoms with E-state index in [2.05, 4.69) is 11.1 Å². The van der Waals surface area contributed by atoms with Crippen molar-refractivity contribution in [2.24, 2.45) is 5.10 Å². The quantitative estimate of drug-likeness (QED) is 0.818. The van der Waals surface area contributed by atoms with Crippen LogP contribution in [0.5, 0.6) is 11.5 Å². The Morgan fingerprint density at radius 3 is 2.80 bits per heavy atom. The summed E-state index contributed by atoms with van der Waals surface area (Å²) in [7, 11) is 0. The number of hydrogen-bond acceptors (Lipinski definition) is 6. The number of phenolic OH excluding ortho intramolecular Hbond substituents is 1. The number of piperidine rings is 1. The van der Waals surface area contributed by atoms with Gasteiger partial charge < -0.3 is 19.5 Å². The maximum Gasteiger partial charge on any atom is 0.409 e. The molecule has 0 unspecified atom stereocenters. The number of ether oxygens (including phenoxy) is 2. The standard InChI is InChI=1S/C23H25N3O4/c1-2-29-22(28)25-12-10-23(11-13-25)26-20(18-8-3-4-9-21(18)30-23)15-19(24-26)16-6-5-7-17(27)14-16/h3-9,14,20,27H,2,10-13,15H2,1H3/t20-/m0/s1. The molecule has 156 valence electrons. The molecule has 1 atom stereocenters. The molecule has 30 heavy (non-hydrogen) atoms. The van der Waals surface area contributed by atoms with Crippen molar-refractivity contribution in [2.75, 3.05) is 19.7 Å². The van der Waals surface area contributed by atoms with Gasteiger partial charge in [0.05, 0.1) is 18.4 Å². The van der Waals surface area contributed by atoms with Crippen LogP contribution in [0.4, 0.5) is 4.79 Å². The highest BCUT2D eigenvalue weighted by atomic mass is 16.6. The number of amides is 1. The summed E-state index contributed by atoms with van der Waals surface area (Å²) in [6.45, 7) is 3.30. The zero-order chi connectivity index (χ0) is 20.7. The minimum Gasteiger partial charge on any atom is -0.508 e. The molecule has 1 spiro atoms. The summed E-state index contributed by atoms with van der Waals surface area (Å²) in [4.78, 5) is 13.9. The Hall–Kier alpha value is -3.22. The predicted molar refractivity (Wildman–Crippen MR) is 111 cm³/mol. The first kappa shape index (κ1) is 18.8. The topological polar surface area (TPSA) is 74.6 Å². The molecule has 1 saturated heterocycles. The number of aromatic hydroxyl groups is 1. The summed E-state index contributed by atoms with van der Waals surface area (Å²) in [6, 6.07) is 15.4. The number of carbonyl (C=O) groups excluding carboxylic acids is 1. The van der Waals surface area contributed by atoms with Gasteiger partial charge >= 0.3 is 6.09 Å². The van der Waals surface area contributed by atoms with E-state index >= 15 is 0 Å². The van der Waals surface area contributed by atoms with Gasteiger partial charge in [-0.3, -0.25) is 0 Å². The Kier molecular flexibility index (Phi) is 4.53. The number of rotatable bonds is 2. The van der Waals surface area contributed by atoms with E-state index in [1.807, 2.05) is 37.3 Å². The molecule has 0 aromatic heterocycles. The zero-order valence-corrected chi connectivity index (χ0v) is 17.0. The monoisotopic (exact) mass is 407 g/mol. The molecular formula is C23H25N3O4. The van der Waals surface area contributed by atoms with Crippen molar-refractivity contribution >= 4 is 11.8 Å². The number of nitrogens with zero attached hydrogens (tertiary/aromatic N) is 3. The van der Waals surface area contributed by atoms with E-state index < -0.39 is 5.72 Å². The first-order chi connectivity index (χ1) is 14.6. The van der Waals surface area contributed by atoms with Gasteiger partial charge in [0.1, 0.15) is 11.5 Å². The van der Waals surface area contributed by atoms with Gasteiger partial charge in [0.2, 0.25) is 5.72 Å². The number of benzene rings is 2. The second kappa shape index (κ2) is 7.23. The summed E-state index contributed by atoms with van der Waals surface area (Å²) < 4.78 is 11.7. The van der Waals surface area contributed by atoms with Crippen LogP contribution in [-0.4, -0.2) is 52.2 Å². The Balaban J connectivity index is 1.48. The fourth-order valence-corrected chi connectivity index (χ4v) is 4.67. The minimum absolute atomic E-state index is 0.0708. The average molecular weight is 407 g/mol. The van der Waals surface area contributed by atoms with Crippen LogP contribution in [0, 0.1) is 0 Å². The van der Waals surface area contributed by atoms with E-state index in [0.717, 1.165) is 29.0 Å². The first-order valence-electron chi connectivity index (χ1n) is 10.5. The lowest BCUT2D eigenvalue weighted by Gasteiger charge is -2.50. The number of fused-ring (bicyclic) bond motifs is 4. The highest BCUT2D eigenvalue weighted by Gasteiger charge is 2.52. The third-order valence-electron chi connectivity index (χ3n) is 6.16. The van der Waals surface area contributed by atoms with Crippen LogP contribution in [0.25, 0.3) is 0 Å². The smallest absolute Gasteiger partial charge is 0.409 e. The summed E-state index contributed by atoms with van der Waals surface area (Å²) in [5.41, 5.74) is 2.37. The fourth-order valence-electron chi connectivity index (χ4n) is 4.67. The van der Waals surface area contributed by atoms with Gasteiger partial charge in [0, 0.05) is 43.5 Å². The molecule has 3 aliphatic rings. The third-order valence-corrected chi connectivity index (χ3v) is 6.16. The maximum absolute atomic E-state index is 12.2. The van der Waals surface area contributed by atoms with Crippen molar-refractivity contribution < 1.29 is 19.4 Å². The van der Waals surface area contributed by atoms with E-state index in [0.29, 0.717) is 32.5 Å². The zero-order valence-electron chi connectivity index (χ0n) is 17.0. The molecule has 7 heteroatoms. The normalized spacial score (nSPS) is 21.5. The van der Waals surface area contributed by atoms with Gasteiger partial charge in [0.25, 0.3) is 0 Å². The highest BCUT2D eigenvalue weighted by molar-refractivity contribution is 6.02. The molecule has 2 aromatic rings. The third kappa shape index (κ3) is 3.05. The number of likely N-dealkylation sites (tertiary alicyclic amines) is 1. The Bertz CT molecular complexity index is 997. The average Bonchev–Trinajstić information content (AvgIpc) is 3.22. The van der Waals surface area contributed by atoms with Crippen molar-refractivity contribution in [3.05, 3.63) is 59.7 Å². The Labute approximate surface area is 175 Å². The molecule has 0 radical (unpaired) electrons. The fraction of sp³-hybridized carbons (Fsp3) is 0.391. The second-order valence-electron chi connectivity index (χ2n) is 7.93. The summed E-state index contributed by atoms with van der Waals surface area (Å²) in [5.74, 6) is 1.12. The van der Waals surface area contributed by atoms with E-state index in [-0.39, 0.29) is 17.9 Å². The van der Waals surface area contributed by atoms with Crippen LogP contribution in [0.1, 0.15) is 43.4 Å². The van der Waals surface area contributed by atoms with Gasteiger partial charge in [-0.15, -0.1) is 0 Å². The van der Waals surface area contributed by atoms with E-state index in [1.165, 1.54) is 0 Å². The van der Waals surface area contributed by atoms with Gasteiger partial charge in [0.15, 0.2) is 0 Å². The van der Waals surface area contributed by atoms with Crippen molar-refractivity contribution in [1.82, 2.24) is 9.91 Å². The van der Waals surface area contributed by atoms with Crippen LogP contribution >= 0.6 is 0 Å². The molecule has 0 saturated carbocycles. The molecule has 1 fully saturated rings. The van der Waals surface area contributed by atoms with Gasteiger partial charge in [-0.05, 0) is 25.1 Å². The first-order valence-corrected chi connectivity index (χ1v) is 10.5. The largest absolute Gasteiger partial charge is 0.508 e. The molecule has 0 bridgehead atoms. The molecule has 3 aliphatic heterocycles. The number of para-hydroxylation sites is 1. The minimum atomic E-state index is -0.597. The lowest BCUT2D eigenvalue weighted by atomic mass is 9.91. The Morgan fingerprint density at radius 1 is 1.23 bits per heavy atom. The van der Waals surface area contributed by atoms with Gasteiger partial charge in [-0.25, -0.2) is 9.80 Å². The highest BCUT2D eigenvalue weighted by Crippen LogP contribution is 2.50. The van der Waals surface area contributed by atoms with Crippen molar-refractivity contribution in [3.8, 4) is 11.5 Å². The Morgan fingerprint density at radius 2 is 2.03 bits per heavy atom. The van der Waals surface area contributed by atoms with Gasteiger partial charge in [-0.1, -0.05) is 30.3 Å². The van der Waals surface area contributed by atoms with Crippen molar-refractivity contribution in [1.29, 1.82) is 0 Å². The molecule has 1 amide bonds. The maximum atomic E-state index is 12.2. The van der Waals surface area contributed by atoms with E-state index in [4.69, 9.17) is 14.6 Å². The molecular weight excluding hydrogens is 382 g/mol. The number of hydrogen-bond donors (Lipinski definition) is 1. The summed E-state index contributed by atoms with van der Waals surface area (Å²) in [5, 5.41) is 17.0. The van der Waals surface area contributed by atoms with E-state index in [1.54, 1.807) is 17.0 Å². The second-order valence-corrected chi connectivity index (χ2v) is 7.93. The van der Waals surface area contributed by atoms with Crippen LogP contribution in [0.15, 0.2) is 53.6 Å². The summed E-state index contributed by atoms with van der Waals surface area (Å²) >= 11 is 0. The molecule has 7 nitrogen and oxygen atoms in total. The molecule has 2 aromatic carbocycles. The molecule has 1 N–H and O–H groups in total. The van der Waals surface area contributed by atoms with Crippen LogP contribution in [0.2, 0.25) is 0 Å². The van der Waals surface area contributed by atoms with Crippen LogP contribution in [-0.2, 0) is 4.74 Å². The molecule has 5 rings (SSSR count). The number of hydrazone groups is 1. The van der Waals surface area contributed by atoms with Gasteiger partial charge in [-0.2, -0.15) is 5.10 Å². The van der Waals surface area contributed by atoms with Crippen LogP contribution in [0.3, 0.4) is 0 Å². The van der Waals surface area contributed by atoms with Crippen LogP contribution < -0.4 is 4.74 Å². The predicted octanol–water partition coefficient (Wildman–Crippen LogP) is 3.88.